The van der Waals surface area contributed by atoms with E-state index in [0.29, 0.717) is 36.1 Å². The molecule has 0 saturated carbocycles. The van der Waals surface area contributed by atoms with Gasteiger partial charge in [0.15, 0.2) is 11.9 Å². The number of halogens is 1. The van der Waals surface area contributed by atoms with Crippen LogP contribution in [0.1, 0.15) is 43.1 Å². The highest BCUT2D eigenvalue weighted by Gasteiger charge is 2.39. The van der Waals surface area contributed by atoms with E-state index >= 15 is 0 Å². The van der Waals surface area contributed by atoms with Crippen molar-refractivity contribution in [3.63, 3.8) is 0 Å². The summed E-state index contributed by atoms with van der Waals surface area (Å²) in [5.74, 6) is 1.91. The Labute approximate surface area is 144 Å². The third-order valence-electron chi connectivity index (χ3n) is 4.59. The van der Waals surface area contributed by atoms with Gasteiger partial charge in [0.05, 0.1) is 6.04 Å². The molecule has 24 heavy (non-hydrogen) atoms. The van der Waals surface area contributed by atoms with E-state index < -0.39 is 6.10 Å². The average Bonchev–Trinajstić information content (AvgIpc) is 3.31. The molecule has 1 saturated heterocycles. The molecule has 0 spiro atoms. The fourth-order valence-corrected chi connectivity index (χ4v) is 3.58. The van der Waals surface area contributed by atoms with Crippen molar-refractivity contribution in [3.8, 4) is 5.75 Å². The van der Waals surface area contributed by atoms with Crippen LogP contribution in [0.5, 0.6) is 5.75 Å². The summed E-state index contributed by atoms with van der Waals surface area (Å²) in [6.45, 7) is 2.65. The third-order valence-corrected chi connectivity index (χ3v) is 4.83. The Hall–Kier alpha value is -2.08. The van der Waals surface area contributed by atoms with Gasteiger partial charge in [0.25, 0.3) is 5.91 Å². The van der Waals surface area contributed by atoms with E-state index in [1.807, 2.05) is 24.0 Å². The number of likely N-dealkylation sites (tertiary alicyclic amines) is 1. The quantitative estimate of drug-likeness (QED) is 0.853. The van der Waals surface area contributed by atoms with Gasteiger partial charge >= 0.3 is 0 Å². The van der Waals surface area contributed by atoms with Crippen LogP contribution in [0.25, 0.3) is 0 Å². The number of hydrogen-bond donors (Lipinski definition) is 0. The number of aromatic nitrogens is 2. The first-order valence-corrected chi connectivity index (χ1v) is 8.61. The molecule has 1 fully saturated rings. The summed E-state index contributed by atoms with van der Waals surface area (Å²) in [6, 6.07) is 5.33. The maximum absolute atomic E-state index is 12.9. The Morgan fingerprint density at radius 1 is 1.46 bits per heavy atom. The topological polar surface area (TPSA) is 68.5 Å². The average molecular weight is 348 g/mol. The fourth-order valence-electron chi connectivity index (χ4n) is 3.39. The van der Waals surface area contributed by atoms with Crippen molar-refractivity contribution in [2.45, 2.75) is 44.8 Å². The lowest BCUT2D eigenvalue weighted by molar-refractivity contribution is -0.139. The summed E-state index contributed by atoms with van der Waals surface area (Å²) < 4.78 is 11.0. The van der Waals surface area contributed by atoms with Crippen molar-refractivity contribution >= 4 is 17.5 Å². The molecule has 2 aromatic rings. The zero-order chi connectivity index (χ0) is 16.7. The Morgan fingerprint density at radius 2 is 2.33 bits per heavy atom. The van der Waals surface area contributed by atoms with Gasteiger partial charge < -0.3 is 14.2 Å². The molecular formula is C17H18ClN3O3. The molecule has 1 amide bonds. The molecule has 0 unspecified atom stereocenters. The van der Waals surface area contributed by atoms with Crippen molar-refractivity contribution in [2.24, 2.45) is 0 Å². The predicted molar refractivity (Wildman–Crippen MR) is 86.9 cm³/mol. The van der Waals surface area contributed by atoms with Gasteiger partial charge in [0, 0.05) is 24.4 Å². The van der Waals surface area contributed by atoms with Crippen LogP contribution in [-0.4, -0.2) is 33.6 Å². The number of hydrogen-bond acceptors (Lipinski definition) is 5. The van der Waals surface area contributed by atoms with E-state index in [2.05, 4.69) is 10.1 Å². The standard InChI is InChI=1S/C17H18ClN3O3/c1-2-15-19-16(20-24-15)12-4-3-7-21(12)17(22)14-9-10-8-11(18)5-6-13(10)23-14/h5-6,8,12,14H,2-4,7,9H2,1H3/t12-,14+/m1/s1. The fraction of sp³-hybridized carbons (Fsp3) is 0.471. The van der Waals surface area contributed by atoms with Crippen LogP contribution in [0.3, 0.4) is 0 Å². The van der Waals surface area contributed by atoms with Gasteiger partial charge in [-0.2, -0.15) is 4.98 Å². The second kappa shape index (κ2) is 6.09. The summed E-state index contributed by atoms with van der Waals surface area (Å²) in [7, 11) is 0. The Morgan fingerprint density at radius 3 is 3.12 bits per heavy atom. The van der Waals surface area contributed by atoms with E-state index in [9.17, 15) is 4.79 Å². The van der Waals surface area contributed by atoms with Crippen LogP contribution in [0.2, 0.25) is 5.02 Å². The van der Waals surface area contributed by atoms with Crippen LogP contribution in [0.15, 0.2) is 22.7 Å². The van der Waals surface area contributed by atoms with E-state index in [-0.39, 0.29) is 11.9 Å². The maximum Gasteiger partial charge on any atom is 0.264 e. The number of rotatable bonds is 3. The minimum atomic E-state index is -0.503. The van der Waals surface area contributed by atoms with E-state index in [1.54, 1.807) is 6.07 Å². The summed E-state index contributed by atoms with van der Waals surface area (Å²) in [6.07, 6.45) is 2.51. The maximum atomic E-state index is 12.9. The minimum Gasteiger partial charge on any atom is -0.480 e. The van der Waals surface area contributed by atoms with E-state index in [0.717, 1.165) is 24.2 Å². The highest BCUT2D eigenvalue weighted by atomic mass is 35.5. The molecule has 2 atom stereocenters. The minimum absolute atomic E-state index is 0.0207. The zero-order valence-corrected chi connectivity index (χ0v) is 14.1. The monoisotopic (exact) mass is 347 g/mol. The number of carbonyl (C=O) groups excluding carboxylic acids is 1. The molecule has 3 heterocycles. The van der Waals surface area contributed by atoms with E-state index in [4.69, 9.17) is 20.9 Å². The first-order chi connectivity index (χ1) is 11.7. The normalized spacial score (nSPS) is 22.5. The van der Waals surface area contributed by atoms with Crippen molar-refractivity contribution in [3.05, 3.63) is 40.5 Å². The molecule has 2 aliphatic rings. The Balaban J connectivity index is 1.52. The summed E-state index contributed by atoms with van der Waals surface area (Å²) in [5.41, 5.74) is 0.976. The highest BCUT2D eigenvalue weighted by Crippen LogP contribution is 2.35. The van der Waals surface area contributed by atoms with Crippen molar-refractivity contribution < 1.29 is 14.1 Å². The van der Waals surface area contributed by atoms with Gasteiger partial charge in [0.1, 0.15) is 5.75 Å². The number of aryl methyl sites for hydroxylation is 1. The second-order valence-electron chi connectivity index (χ2n) is 6.15. The number of amides is 1. The molecule has 1 aromatic carbocycles. The van der Waals surface area contributed by atoms with Crippen LogP contribution in [-0.2, 0) is 17.6 Å². The highest BCUT2D eigenvalue weighted by molar-refractivity contribution is 6.30. The summed E-state index contributed by atoms with van der Waals surface area (Å²) in [4.78, 5) is 19.2. The predicted octanol–water partition coefficient (Wildman–Crippen LogP) is 2.95. The zero-order valence-electron chi connectivity index (χ0n) is 13.4. The SMILES string of the molecule is CCc1nc([C@H]2CCCN2C(=O)[C@@H]2Cc3cc(Cl)ccc3O2)no1. The van der Waals surface area contributed by atoms with Crippen molar-refractivity contribution in [1.29, 1.82) is 0 Å². The van der Waals surface area contributed by atoms with Gasteiger partial charge in [-0.15, -0.1) is 0 Å². The Kier molecular flexibility index (Phi) is 3.92. The van der Waals surface area contributed by atoms with Crippen LogP contribution >= 0.6 is 11.6 Å². The molecule has 1 aromatic heterocycles. The van der Waals surface area contributed by atoms with Crippen molar-refractivity contribution in [2.75, 3.05) is 6.54 Å². The molecule has 7 heteroatoms. The lowest BCUT2D eigenvalue weighted by atomic mass is 10.1. The molecule has 0 aliphatic carbocycles. The largest absolute Gasteiger partial charge is 0.480 e. The number of benzene rings is 1. The second-order valence-corrected chi connectivity index (χ2v) is 6.59. The van der Waals surface area contributed by atoms with Gasteiger partial charge in [-0.3, -0.25) is 4.79 Å². The molecule has 6 nitrogen and oxygen atoms in total. The summed E-state index contributed by atoms with van der Waals surface area (Å²) >= 11 is 6.02. The molecule has 0 bridgehead atoms. The first-order valence-electron chi connectivity index (χ1n) is 8.23. The van der Waals surface area contributed by atoms with Crippen LogP contribution in [0.4, 0.5) is 0 Å². The number of carbonyl (C=O) groups is 1. The van der Waals surface area contributed by atoms with Crippen LogP contribution < -0.4 is 4.74 Å². The van der Waals surface area contributed by atoms with Gasteiger partial charge in [0.2, 0.25) is 5.89 Å². The number of nitrogens with zero attached hydrogens (tertiary/aromatic N) is 3. The first kappa shape index (κ1) is 15.4. The molecular weight excluding hydrogens is 330 g/mol. The molecule has 0 N–H and O–H groups in total. The molecule has 2 aliphatic heterocycles. The number of ether oxygens (including phenoxy) is 1. The van der Waals surface area contributed by atoms with Gasteiger partial charge in [-0.25, -0.2) is 0 Å². The van der Waals surface area contributed by atoms with E-state index in [1.165, 1.54) is 0 Å². The molecule has 126 valence electrons. The summed E-state index contributed by atoms with van der Waals surface area (Å²) in [5, 5.41) is 4.70. The third kappa shape index (κ3) is 2.65. The number of fused-ring (bicyclic) bond motifs is 1. The lowest BCUT2D eigenvalue weighted by Gasteiger charge is -2.25. The van der Waals surface area contributed by atoms with Gasteiger partial charge in [-0.05, 0) is 36.6 Å². The molecule has 4 rings (SSSR count). The van der Waals surface area contributed by atoms with Crippen LogP contribution in [0, 0.1) is 0 Å². The lowest BCUT2D eigenvalue weighted by Crippen LogP contribution is -2.41. The van der Waals surface area contributed by atoms with Gasteiger partial charge in [-0.1, -0.05) is 23.7 Å². The van der Waals surface area contributed by atoms with Crippen molar-refractivity contribution in [1.82, 2.24) is 15.0 Å². The smallest absolute Gasteiger partial charge is 0.264 e. The Bertz CT molecular complexity index is 776. The molecule has 0 radical (unpaired) electrons.